The van der Waals surface area contributed by atoms with Gasteiger partial charge in [0.2, 0.25) is 0 Å². The first-order valence-corrected chi connectivity index (χ1v) is 11.5. The minimum absolute atomic E-state index is 0.293. The van der Waals surface area contributed by atoms with Crippen molar-refractivity contribution in [3.8, 4) is 0 Å². The Morgan fingerprint density at radius 3 is 2.85 bits per heavy atom. The first kappa shape index (κ1) is 21.1. The second-order valence-corrected chi connectivity index (χ2v) is 9.18. The summed E-state index contributed by atoms with van der Waals surface area (Å²) in [5.74, 6) is 0.450. The van der Waals surface area contributed by atoms with Crippen LogP contribution in [0.1, 0.15) is 27.9 Å². The second kappa shape index (κ2) is 8.38. The molecule has 0 spiro atoms. The van der Waals surface area contributed by atoms with E-state index in [2.05, 4.69) is 43.5 Å². The molecule has 0 fully saturated rings. The van der Waals surface area contributed by atoms with Crippen molar-refractivity contribution in [1.29, 1.82) is 0 Å². The van der Waals surface area contributed by atoms with Crippen LogP contribution in [0.25, 0.3) is 21.8 Å². The van der Waals surface area contributed by atoms with Crippen molar-refractivity contribution >= 4 is 50.8 Å². The highest BCUT2D eigenvalue weighted by atomic mass is 35.5. The number of aliphatic imine (C=N–C) groups is 1. The number of H-pyrrole nitrogens is 1. The molecule has 0 aliphatic carbocycles. The molecule has 0 amide bonds. The highest BCUT2D eigenvalue weighted by Crippen LogP contribution is 2.26. The van der Waals surface area contributed by atoms with E-state index in [0.29, 0.717) is 40.6 Å². The van der Waals surface area contributed by atoms with Gasteiger partial charge in [0, 0.05) is 70.2 Å². The Kier molecular flexibility index (Phi) is 5.20. The van der Waals surface area contributed by atoms with Gasteiger partial charge in [0.25, 0.3) is 0 Å². The summed E-state index contributed by atoms with van der Waals surface area (Å²) in [7, 11) is 0. The Balaban J connectivity index is 1.22. The third-order valence-electron chi connectivity index (χ3n) is 6.05. The van der Waals surface area contributed by atoms with Gasteiger partial charge in [0.15, 0.2) is 0 Å². The lowest BCUT2D eigenvalue weighted by Crippen LogP contribution is -2.23. The van der Waals surface area contributed by atoms with Crippen LogP contribution in [0, 0.1) is 5.82 Å². The number of fused-ring (bicyclic) bond motifs is 3. The van der Waals surface area contributed by atoms with Gasteiger partial charge in [0.05, 0.1) is 22.1 Å². The Morgan fingerprint density at radius 2 is 1.94 bits per heavy atom. The monoisotopic (exact) mass is 489 g/mol. The predicted octanol–water partition coefficient (Wildman–Crippen LogP) is 6.20. The number of nitrogens with one attached hydrogen (secondary N) is 2. The summed E-state index contributed by atoms with van der Waals surface area (Å²) in [6.07, 6.45) is 5.85. The fourth-order valence-electron chi connectivity index (χ4n) is 4.31. The quantitative estimate of drug-likeness (QED) is 0.315. The van der Waals surface area contributed by atoms with Crippen LogP contribution in [-0.4, -0.2) is 20.8 Å². The fraction of sp³-hybridized carbons (Fsp3) is 0.115. The van der Waals surface area contributed by atoms with E-state index in [1.54, 1.807) is 18.5 Å². The van der Waals surface area contributed by atoms with Crippen molar-refractivity contribution in [1.82, 2.24) is 20.3 Å². The SMILES string of the molecule is Fc1cc2[nH]cc(Cl)c2cc1CNC1=NCc2cnc(Cc3ccc4ncc(Cl)cc4c3)cc21. The largest absolute Gasteiger partial charge is 0.366 e. The summed E-state index contributed by atoms with van der Waals surface area (Å²) >= 11 is 12.3. The van der Waals surface area contributed by atoms with Gasteiger partial charge >= 0.3 is 0 Å². The molecule has 0 unspecified atom stereocenters. The van der Waals surface area contributed by atoms with E-state index in [4.69, 9.17) is 23.2 Å². The molecule has 0 atom stereocenters. The fourth-order valence-corrected chi connectivity index (χ4v) is 4.69. The molecule has 1 aliphatic heterocycles. The van der Waals surface area contributed by atoms with Crippen LogP contribution in [0.5, 0.6) is 0 Å². The summed E-state index contributed by atoms with van der Waals surface area (Å²) < 4.78 is 14.6. The molecule has 168 valence electrons. The lowest BCUT2D eigenvalue weighted by Gasteiger charge is -2.11. The van der Waals surface area contributed by atoms with E-state index >= 15 is 0 Å². The minimum Gasteiger partial charge on any atom is -0.366 e. The zero-order chi connectivity index (χ0) is 23.2. The molecule has 6 rings (SSSR count). The zero-order valence-electron chi connectivity index (χ0n) is 17.9. The van der Waals surface area contributed by atoms with Gasteiger partial charge in [-0.15, -0.1) is 0 Å². The third-order valence-corrected chi connectivity index (χ3v) is 6.57. The molecule has 4 heterocycles. The van der Waals surface area contributed by atoms with E-state index in [1.807, 2.05) is 18.3 Å². The molecule has 0 saturated heterocycles. The van der Waals surface area contributed by atoms with Gasteiger partial charge in [-0.05, 0) is 42.0 Å². The van der Waals surface area contributed by atoms with Gasteiger partial charge < -0.3 is 10.3 Å². The summed E-state index contributed by atoms with van der Waals surface area (Å²) in [5.41, 5.74) is 6.20. The summed E-state index contributed by atoms with van der Waals surface area (Å²) in [6.45, 7) is 0.855. The first-order valence-electron chi connectivity index (χ1n) is 10.8. The van der Waals surface area contributed by atoms with E-state index in [0.717, 1.165) is 44.5 Å². The van der Waals surface area contributed by atoms with Gasteiger partial charge in [0.1, 0.15) is 11.7 Å². The van der Waals surface area contributed by atoms with Crippen LogP contribution in [0.2, 0.25) is 10.0 Å². The van der Waals surface area contributed by atoms with Crippen molar-refractivity contribution in [3.63, 3.8) is 0 Å². The Hall–Kier alpha value is -3.48. The summed E-state index contributed by atoms with van der Waals surface area (Å²) in [4.78, 5) is 16.6. The number of aromatic nitrogens is 3. The summed E-state index contributed by atoms with van der Waals surface area (Å²) in [5, 5.41) is 6.28. The molecule has 34 heavy (non-hydrogen) atoms. The van der Waals surface area contributed by atoms with Crippen LogP contribution >= 0.6 is 23.2 Å². The number of hydrogen-bond acceptors (Lipinski definition) is 4. The van der Waals surface area contributed by atoms with Crippen molar-refractivity contribution in [3.05, 3.63) is 105 Å². The van der Waals surface area contributed by atoms with Crippen molar-refractivity contribution < 1.29 is 4.39 Å². The van der Waals surface area contributed by atoms with Crippen molar-refractivity contribution in [2.24, 2.45) is 4.99 Å². The van der Waals surface area contributed by atoms with Gasteiger partial charge in [-0.2, -0.15) is 0 Å². The van der Waals surface area contributed by atoms with Crippen LogP contribution < -0.4 is 5.32 Å². The van der Waals surface area contributed by atoms with Crippen LogP contribution in [0.3, 0.4) is 0 Å². The molecule has 0 saturated carbocycles. The van der Waals surface area contributed by atoms with Crippen LogP contribution in [-0.2, 0) is 19.5 Å². The third kappa shape index (κ3) is 3.89. The maximum absolute atomic E-state index is 14.6. The topological polar surface area (TPSA) is 66.0 Å². The number of pyridine rings is 2. The molecule has 3 aromatic heterocycles. The second-order valence-electron chi connectivity index (χ2n) is 8.33. The lowest BCUT2D eigenvalue weighted by atomic mass is 10.0. The van der Waals surface area contributed by atoms with Gasteiger partial charge in [-0.3, -0.25) is 15.0 Å². The minimum atomic E-state index is -0.293. The van der Waals surface area contributed by atoms with E-state index in [1.165, 1.54) is 6.07 Å². The van der Waals surface area contributed by atoms with Gasteiger partial charge in [-0.25, -0.2) is 4.39 Å². The molecule has 5 aromatic rings. The highest BCUT2D eigenvalue weighted by molar-refractivity contribution is 6.35. The maximum atomic E-state index is 14.6. The van der Waals surface area contributed by atoms with E-state index in [-0.39, 0.29) is 5.82 Å². The highest BCUT2D eigenvalue weighted by Gasteiger charge is 2.18. The number of amidine groups is 1. The molecule has 2 N–H and O–H groups in total. The molecule has 8 heteroatoms. The predicted molar refractivity (Wildman–Crippen MR) is 134 cm³/mol. The standard InChI is InChI=1S/C26H18Cl2FN5/c27-18-5-15-3-14(1-2-24(15)31-12-18)4-19-7-20-17(10-30-19)11-34-26(20)33-9-16-6-21-22(28)13-32-25(21)8-23(16)29/h1-3,5-8,10,12-13,32H,4,9,11H2,(H,33,34). The molecule has 1 aliphatic rings. The zero-order valence-corrected chi connectivity index (χ0v) is 19.4. The van der Waals surface area contributed by atoms with Gasteiger partial charge in [-0.1, -0.05) is 29.3 Å². The first-order chi connectivity index (χ1) is 16.5. The molecule has 2 aromatic carbocycles. The Labute approximate surface area is 204 Å². The number of rotatable bonds is 4. The smallest absolute Gasteiger partial charge is 0.130 e. The lowest BCUT2D eigenvalue weighted by molar-refractivity contribution is 0.608. The van der Waals surface area contributed by atoms with E-state index in [9.17, 15) is 4.39 Å². The number of aromatic amines is 1. The normalized spacial score (nSPS) is 12.9. The number of benzene rings is 2. The Bertz CT molecular complexity index is 1610. The molecule has 0 radical (unpaired) electrons. The number of halogens is 3. The molecular weight excluding hydrogens is 472 g/mol. The summed E-state index contributed by atoms with van der Waals surface area (Å²) in [6, 6.07) is 13.3. The Morgan fingerprint density at radius 1 is 1.03 bits per heavy atom. The van der Waals surface area contributed by atoms with E-state index < -0.39 is 0 Å². The average molecular weight is 490 g/mol. The number of hydrogen-bond donors (Lipinski definition) is 2. The van der Waals surface area contributed by atoms with Crippen LogP contribution in [0.15, 0.2) is 66.0 Å². The maximum Gasteiger partial charge on any atom is 0.130 e. The number of nitrogens with zero attached hydrogens (tertiary/aromatic N) is 3. The van der Waals surface area contributed by atoms with Crippen LogP contribution in [0.4, 0.5) is 4.39 Å². The van der Waals surface area contributed by atoms with Crippen molar-refractivity contribution in [2.45, 2.75) is 19.5 Å². The molecular formula is C26H18Cl2FN5. The van der Waals surface area contributed by atoms with Crippen molar-refractivity contribution in [2.75, 3.05) is 0 Å². The molecule has 5 nitrogen and oxygen atoms in total. The molecule has 0 bridgehead atoms. The average Bonchev–Trinajstić information content (AvgIpc) is 3.40.